The van der Waals surface area contributed by atoms with Crippen molar-refractivity contribution in [1.29, 1.82) is 0 Å². The maximum absolute atomic E-state index is 10.6. The quantitative estimate of drug-likeness (QED) is 0.536. The molecule has 0 saturated carbocycles. The van der Waals surface area contributed by atoms with Gasteiger partial charge in [-0.2, -0.15) is 0 Å². The van der Waals surface area contributed by atoms with Gasteiger partial charge in [0, 0.05) is 5.56 Å². The average Bonchev–Trinajstić information content (AvgIpc) is 2.04. The van der Waals surface area contributed by atoms with E-state index in [2.05, 4.69) is 0 Å². The Balaban J connectivity index is 0.00000144. The van der Waals surface area contributed by atoms with E-state index in [1.165, 1.54) is 24.3 Å². The van der Waals surface area contributed by atoms with Gasteiger partial charge in [0.25, 0.3) is 0 Å². The van der Waals surface area contributed by atoms with Gasteiger partial charge >= 0.3 is 51.4 Å². The van der Waals surface area contributed by atoms with Crippen LogP contribution in [0.1, 0.15) is 10.4 Å². The molecule has 0 radical (unpaired) electrons. The van der Waals surface area contributed by atoms with Gasteiger partial charge in [-0.1, -0.05) is 0 Å². The van der Waals surface area contributed by atoms with Gasteiger partial charge in [-0.25, -0.2) is 4.21 Å². The normalized spacial score (nSPS) is 11.5. The van der Waals surface area contributed by atoms with E-state index in [0.29, 0.717) is 5.56 Å². The molecule has 0 saturated heterocycles. The summed E-state index contributed by atoms with van der Waals surface area (Å²) in [4.78, 5) is 10.8. The number of nitrogens with two attached hydrogens (primary N) is 1. The number of benzene rings is 1. The van der Waals surface area contributed by atoms with Crippen molar-refractivity contribution in [2.24, 2.45) is 5.73 Å². The number of hydrogen-bond donors (Lipinski definition) is 2. The van der Waals surface area contributed by atoms with Gasteiger partial charge in [-0.3, -0.25) is 4.79 Å². The summed E-state index contributed by atoms with van der Waals surface area (Å²) in [7, 11) is 0. The van der Waals surface area contributed by atoms with Crippen LogP contribution in [0.15, 0.2) is 29.2 Å². The predicted molar refractivity (Wildman–Crippen MR) is 51.1 cm³/mol. The molecule has 6 heteroatoms. The molecule has 1 aromatic carbocycles. The first-order valence-electron chi connectivity index (χ1n) is 3.12. The summed E-state index contributed by atoms with van der Waals surface area (Å²) in [6, 6.07) is 5.59. The van der Waals surface area contributed by atoms with Crippen molar-refractivity contribution < 1.29 is 13.6 Å². The van der Waals surface area contributed by atoms with Gasteiger partial charge < -0.3 is 10.3 Å². The molecule has 0 heterocycles. The Hall–Kier alpha value is 0.436. The minimum absolute atomic E-state index is 0. The average molecular weight is 225 g/mol. The molecule has 0 aliphatic rings. The van der Waals surface area contributed by atoms with Crippen molar-refractivity contribution in [3.05, 3.63) is 29.8 Å². The van der Waals surface area contributed by atoms with Crippen molar-refractivity contribution >= 4 is 68.4 Å². The third-order valence-electron chi connectivity index (χ3n) is 1.34. The first-order valence-corrected chi connectivity index (χ1v) is 4.22. The molecule has 1 unspecified atom stereocenters. The number of carbonyl (C=O) groups excluding carboxylic acids is 1. The zero-order valence-electron chi connectivity index (χ0n) is 6.06. The summed E-state index contributed by atoms with van der Waals surface area (Å²) in [6.07, 6.45) is 0. The van der Waals surface area contributed by atoms with E-state index < -0.39 is 17.0 Å². The third-order valence-corrected chi connectivity index (χ3v) is 2.02. The van der Waals surface area contributed by atoms with Crippen LogP contribution in [0.4, 0.5) is 0 Å². The second-order valence-corrected chi connectivity index (χ2v) is 3.11. The maximum atomic E-state index is 10.6. The summed E-state index contributed by atoms with van der Waals surface area (Å²) in [5, 5.41) is 0. The second-order valence-electron chi connectivity index (χ2n) is 2.14. The van der Waals surface area contributed by atoms with Gasteiger partial charge in [0.2, 0.25) is 5.91 Å². The third kappa shape index (κ3) is 3.99. The first-order chi connectivity index (χ1) is 5.61. The number of rotatable bonds is 2. The first kappa shape index (κ1) is 13.4. The fourth-order valence-corrected chi connectivity index (χ4v) is 1.10. The monoisotopic (exact) mass is 225 g/mol. The van der Waals surface area contributed by atoms with E-state index in [0.717, 1.165) is 0 Å². The van der Waals surface area contributed by atoms with Crippen LogP contribution in [0, 0.1) is 0 Å². The second kappa shape index (κ2) is 6.02. The van der Waals surface area contributed by atoms with E-state index in [9.17, 15) is 9.00 Å². The standard InChI is InChI=1S/C7H7NO3S.K.H/c8-7(9)5-1-3-6(4-2-5)12(10)11;;/h1-4H,(H2,8,9)(H,10,11);;. The van der Waals surface area contributed by atoms with Crippen LogP contribution >= 0.6 is 0 Å². The van der Waals surface area contributed by atoms with Crippen LogP contribution < -0.4 is 5.73 Å². The molecule has 1 atom stereocenters. The van der Waals surface area contributed by atoms with Gasteiger partial charge in [-0.05, 0) is 24.3 Å². The summed E-state index contributed by atoms with van der Waals surface area (Å²) < 4.78 is 19.1. The summed E-state index contributed by atoms with van der Waals surface area (Å²) in [5.74, 6) is -0.551. The number of carbonyl (C=O) groups is 1. The molecule has 1 amide bonds. The van der Waals surface area contributed by atoms with Crippen LogP contribution in [-0.4, -0.2) is 66.1 Å². The van der Waals surface area contributed by atoms with Crippen LogP contribution in [0.25, 0.3) is 0 Å². The van der Waals surface area contributed by atoms with E-state index in [1.807, 2.05) is 0 Å². The van der Waals surface area contributed by atoms with E-state index in [-0.39, 0.29) is 56.3 Å². The number of primary amides is 1. The Kier molecular flexibility index (Phi) is 6.22. The number of hydrogen-bond acceptors (Lipinski definition) is 2. The van der Waals surface area contributed by atoms with Gasteiger partial charge in [-0.15, -0.1) is 0 Å². The SMILES string of the molecule is NC(=O)c1ccc(S(=O)O)cc1.[KH]. The Morgan fingerprint density at radius 2 is 1.77 bits per heavy atom. The Morgan fingerprint density at radius 3 is 2.08 bits per heavy atom. The molecule has 3 N–H and O–H groups in total. The molecule has 1 aromatic rings. The van der Waals surface area contributed by atoms with Gasteiger partial charge in [0.05, 0.1) is 4.90 Å². The van der Waals surface area contributed by atoms with Crippen LogP contribution in [0.5, 0.6) is 0 Å². The van der Waals surface area contributed by atoms with E-state index in [4.69, 9.17) is 10.3 Å². The molecule has 66 valence electrons. The molecular formula is C7H8KNO3S. The van der Waals surface area contributed by atoms with Crippen LogP contribution in [-0.2, 0) is 11.1 Å². The fraction of sp³-hybridized carbons (Fsp3) is 0. The Morgan fingerprint density at radius 1 is 1.31 bits per heavy atom. The Labute approximate surface area is 121 Å². The molecule has 13 heavy (non-hydrogen) atoms. The fourth-order valence-electron chi connectivity index (χ4n) is 0.736. The van der Waals surface area contributed by atoms with Crippen molar-refractivity contribution in [3.63, 3.8) is 0 Å². The minimum atomic E-state index is -2.00. The summed E-state index contributed by atoms with van der Waals surface area (Å²) in [6.45, 7) is 0. The topological polar surface area (TPSA) is 80.4 Å². The van der Waals surface area contributed by atoms with Crippen molar-refractivity contribution in [2.75, 3.05) is 0 Å². The number of amides is 1. The zero-order valence-corrected chi connectivity index (χ0v) is 6.88. The van der Waals surface area contributed by atoms with Gasteiger partial charge in [0.15, 0.2) is 11.1 Å². The van der Waals surface area contributed by atoms with Crippen molar-refractivity contribution in [2.45, 2.75) is 4.90 Å². The van der Waals surface area contributed by atoms with Crippen LogP contribution in [0.2, 0.25) is 0 Å². The Bertz CT molecular complexity index is 292. The van der Waals surface area contributed by atoms with Crippen molar-refractivity contribution in [1.82, 2.24) is 0 Å². The molecular weight excluding hydrogens is 217 g/mol. The van der Waals surface area contributed by atoms with Crippen molar-refractivity contribution in [3.8, 4) is 0 Å². The molecule has 0 fully saturated rings. The molecule has 4 nitrogen and oxygen atoms in total. The summed E-state index contributed by atoms with van der Waals surface area (Å²) >= 11 is -2.00. The van der Waals surface area contributed by atoms with E-state index >= 15 is 0 Å². The van der Waals surface area contributed by atoms with E-state index in [1.54, 1.807) is 0 Å². The molecule has 0 aromatic heterocycles. The molecule has 1 rings (SSSR count). The molecule has 0 aliphatic carbocycles. The molecule has 0 spiro atoms. The van der Waals surface area contributed by atoms with Gasteiger partial charge in [0.1, 0.15) is 0 Å². The zero-order chi connectivity index (χ0) is 9.14. The molecule has 0 bridgehead atoms. The molecule has 0 aliphatic heterocycles. The predicted octanol–water partition coefficient (Wildman–Crippen LogP) is -0.282. The van der Waals surface area contributed by atoms with Crippen LogP contribution in [0.3, 0.4) is 0 Å². The summed E-state index contributed by atoms with van der Waals surface area (Å²) in [5.41, 5.74) is 5.29.